The van der Waals surface area contributed by atoms with Crippen molar-refractivity contribution in [3.8, 4) is 5.75 Å². The van der Waals surface area contributed by atoms with Crippen molar-refractivity contribution in [2.24, 2.45) is 0 Å². The number of benzene rings is 2. The standard InChI is InChI=1S/C21H25ClFN3O5S/c1-14(21(28)24-2)25(12-15-6-5-7-17(10-15)31-3)20(27)13-26(32(4,29)30)16-8-9-19(23)18(22)11-16/h5-11,14H,12-13H2,1-4H3,(H,24,28). The molecule has 1 atom stereocenters. The molecule has 0 aliphatic heterocycles. The maximum Gasteiger partial charge on any atom is 0.244 e. The molecule has 1 N–H and O–H groups in total. The van der Waals surface area contributed by atoms with Gasteiger partial charge in [0.1, 0.15) is 24.2 Å². The van der Waals surface area contributed by atoms with Crippen molar-refractivity contribution < 1.29 is 27.1 Å². The van der Waals surface area contributed by atoms with Crippen LogP contribution in [0.4, 0.5) is 10.1 Å². The molecule has 2 rings (SSSR count). The van der Waals surface area contributed by atoms with Gasteiger partial charge >= 0.3 is 0 Å². The van der Waals surface area contributed by atoms with E-state index in [2.05, 4.69) is 5.32 Å². The Morgan fingerprint density at radius 1 is 1.22 bits per heavy atom. The van der Waals surface area contributed by atoms with Crippen LogP contribution in [0, 0.1) is 5.82 Å². The highest BCUT2D eigenvalue weighted by molar-refractivity contribution is 7.92. The Bertz CT molecular complexity index is 1100. The summed E-state index contributed by atoms with van der Waals surface area (Å²) < 4.78 is 44.4. The van der Waals surface area contributed by atoms with Gasteiger partial charge < -0.3 is 15.0 Å². The number of carbonyl (C=O) groups is 2. The number of hydrogen-bond acceptors (Lipinski definition) is 5. The summed E-state index contributed by atoms with van der Waals surface area (Å²) in [4.78, 5) is 26.8. The van der Waals surface area contributed by atoms with E-state index in [9.17, 15) is 22.4 Å². The highest BCUT2D eigenvalue weighted by Crippen LogP contribution is 2.25. The third kappa shape index (κ3) is 6.33. The Morgan fingerprint density at radius 3 is 2.47 bits per heavy atom. The Labute approximate surface area is 192 Å². The fourth-order valence-electron chi connectivity index (χ4n) is 3.01. The molecular formula is C21H25ClFN3O5S. The van der Waals surface area contributed by atoms with Gasteiger partial charge in [0, 0.05) is 13.6 Å². The number of ether oxygens (including phenoxy) is 1. The number of halogens is 2. The molecular weight excluding hydrogens is 461 g/mol. The van der Waals surface area contributed by atoms with Gasteiger partial charge in [-0.2, -0.15) is 0 Å². The van der Waals surface area contributed by atoms with E-state index in [-0.39, 0.29) is 17.3 Å². The van der Waals surface area contributed by atoms with Crippen molar-refractivity contribution in [1.29, 1.82) is 0 Å². The van der Waals surface area contributed by atoms with Crippen LogP contribution in [0.2, 0.25) is 5.02 Å². The van der Waals surface area contributed by atoms with Crippen molar-refractivity contribution in [3.63, 3.8) is 0 Å². The average molecular weight is 486 g/mol. The topological polar surface area (TPSA) is 96.0 Å². The van der Waals surface area contributed by atoms with Crippen LogP contribution in [0.5, 0.6) is 5.75 Å². The zero-order chi connectivity index (χ0) is 24.1. The summed E-state index contributed by atoms with van der Waals surface area (Å²) in [6.45, 7) is 0.967. The van der Waals surface area contributed by atoms with Gasteiger partial charge in [-0.15, -0.1) is 0 Å². The Kier molecular flexibility index (Phi) is 8.45. The van der Waals surface area contributed by atoms with Crippen LogP contribution in [0.1, 0.15) is 12.5 Å². The number of sulfonamides is 1. The van der Waals surface area contributed by atoms with E-state index in [0.717, 1.165) is 22.7 Å². The minimum absolute atomic E-state index is 0.0289. The number of hydrogen-bond donors (Lipinski definition) is 1. The van der Waals surface area contributed by atoms with Crippen LogP contribution in [0.3, 0.4) is 0 Å². The first-order valence-corrected chi connectivity index (χ1v) is 11.8. The lowest BCUT2D eigenvalue weighted by Crippen LogP contribution is -2.50. The molecule has 0 aliphatic rings. The first kappa shape index (κ1) is 25.4. The third-order valence-electron chi connectivity index (χ3n) is 4.77. The van der Waals surface area contributed by atoms with Crippen molar-refractivity contribution >= 4 is 39.1 Å². The summed E-state index contributed by atoms with van der Waals surface area (Å²) in [7, 11) is -0.979. The summed E-state index contributed by atoms with van der Waals surface area (Å²) in [5.74, 6) is -1.20. The fraction of sp³-hybridized carbons (Fsp3) is 0.333. The first-order chi connectivity index (χ1) is 15.0. The van der Waals surface area contributed by atoms with Crippen LogP contribution in [-0.2, 0) is 26.2 Å². The molecule has 0 radical (unpaired) electrons. The Balaban J connectivity index is 2.41. The molecule has 0 aromatic heterocycles. The predicted octanol–water partition coefficient (Wildman–Crippen LogP) is 2.42. The Hall–Kier alpha value is -2.85. The number of likely N-dealkylation sites (N-methyl/N-ethyl adjacent to an activating group) is 1. The van der Waals surface area contributed by atoms with Gasteiger partial charge in [0.25, 0.3) is 0 Å². The van der Waals surface area contributed by atoms with Gasteiger partial charge in [0.05, 0.1) is 24.1 Å². The molecule has 0 saturated carbocycles. The van der Waals surface area contributed by atoms with Crippen molar-refractivity contribution in [2.75, 3.05) is 31.3 Å². The van der Waals surface area contributed by atoms with Gasteiger partial charge in [-0.05, 0) is 42.8 Å². The summed E-state index contributed by atoms with van der Waals surface area (Å²) in [5.41, 5.74) is 0.713. The number of amides is 2. The monoisotopic (exact) mass is 485 g/mol. The second-order valence-corrected chi connectivity index (χ2v) is 9.35. The predicted molar refractivity (Wildman–Crippen MR) is 121 cm³/mol. The number of nitrogens with one attached hydrogen (secondary N) is 1. The molecule has 0 bridgehead atoms. The number of methoxy groups -OCH3 is 1. The maximum absolute atomic E-state index is 13.6. The molecule has 32 heavy (non-hydrogen) atoms. The molecule has 8 nitrogen and oxygen atoms in total. The van der Waals surface area contributed by atoms with Gasteiger partial charge in [-0.1, -0.05) is 23.7 Å². The number of nitrogens with zero attached hydrogens (tertiary/aromatic N) is 2. The van der Waals surface area contributed by atoms with E-state index >= 15 is 0 Å². The smallest absolute Gasteiger partial charge is 0.244 e. The van der Waals surface area contributed by atoms with Gasteiger partial charge in [-0.3, -0.25) is 13.9 Å². The Morgan fingerprint density at radius 2 is 1.91 bits per heavy atom. The van der Waals surface area contributed by atoms with E-state index < -0.39 is 40.2 Å². The van der Waals surface area contributed by atoms with Crippen LogP contribution >= 0.6 is 11.6 Å². The number of anilines is 1. The lowest BCUT2D eigenvalue weighted by molar-refractivity contribution is -0.139. The second-order valence-electron chi connectivity index (χ2n) is 7.03. The van der Waals surface area contributed by atoms with E-state index in [1.54, 1.807) is 24.3 Å². The van der Waals surface area contributed by atoms with E-state index in [1.165, 1.54) is 32.0 Å². The summed E-state index contributed by atoms with van der Waals surface area (Å²) in [6.07, 6.45) is 0.923. The zero-order valence-corrected chi connectivity index (χ0v) is 19.7. The second kappa shape index (κ2) is 10.6. The molecule has 2 aromatic rings. The fourth-order valence-corrected chi connectivity index (χ4v) is 4.03. The quantitative estimate of drug-likeness (QED) is 0.588. The largest absolute Gasteiger partial charge is 0.497 e. The van der Waals surface area contributed by atoms with Crippen LogP contribution in [0.25, 0.3) is 0 Å². The van der Waals surface area contributed by atoms with Crippen LogP contribution in [-0.4, -0.2) is 58.1 Å². The molecule has 2 amide bonds. The lowest BCUT2D eigenvalue weighted by Gasteiger charge is -2.31. The van der Waals surface area contributed by atoms with E-state index in [0.29, 0.717) is 11.3 Å². The van der Waals surface area contributed by atoms with Crippen LogP contribution < -0.4 is 14.4 Å². The highest BCUT2D eigenvalue weighted by Gasteiger charge is 2.30. The summed E-state index contributed by atoms with van der Waals surface area (Å²) in [6, 6.07) is 9.41. The molecule has 0 fully saturated rings. The van der Waals surface area contributed by atoms with Crippen LogP contribution in [0.15, 0.2) is 42.5 Å². The SMILES string of the molecule is CNC(=O)C(C)N(Cc1cccc(OC)c1)C(=O)CN(c1ccc(F)c(Cl)c1)S(C)(=O)=O. The number of carbonyl (C=O) groups excluding carboxylic acids is 2. The minimum Gasteiger partial charge on any atom is -0.497 e. The first-order valence-electron chi connectivity index (χ1n) is 9.54. The lowest BCUT2D eigenvalue weighted by atomic mass is 10.1. The normalized spacial score (nSPS) is 12.1. The molecule has 2 aromatic carbocycles. The van der Waals surface area contributed by atoms with Gasteiger partial charge in [0.15, 0.2) is 0 Å². The van der Waals surface area contributed by atoms with E-state index in [4.69, 9.17) is 16.3 Å². The van der Waals surface area contributed by atoms with Gasteiger partial charge in [-0.25, -0.2) is 12.8 Å². The van der Waals surface area contributed by atoms with E-state index in [1.807, 2.05) is 0 Å². The number of rotatable bonds is 9. The molecule has 0 saturated heterocycles. The third-order valence-corrected chi connectivity index (χ3v) is 6.20. The molecule has 0 aliphatic carbocycles. The molecule has 11 heteroatoms. The molecule has 1 unspecified atom stereocenters. The molecule has 174 valence electrons. The van der Waals surface area contributed by atoms with Crippen molar-refractivity contribution in [1.82, 2.24) is 10.2 Å². The maximum atomic E-state index is 13.6. The highest BCUT2D eigenvalue weighted by atomic mass is 35.5. The van der Waals surface area contributed by atoms with Gasteiger partial charge in [0.2, 0.25) is 21.8 Å². The van der Waals surface area contributed by atoms with Crippen molar-refractivity contribution in [2.45, 2.75) is 19.5 Å². The molecule has 0 spiro atoms. The zero-order valence-electron chi connectivity index (χ0n) is 18.1. The van der Waals surface area contributed by atoms with Crippen molar-refractivity contribution in [3.05, 3.63) is 58.9 Å². The molecule has 0 heterocycles. The minimum atomic E-state index is -3.93. The average Bonchev–Trinajstić information content (AvgIpc) is 2.75. The summed E-state index contributed by atoms with van der Waals surface area (Å²) >= 11 is 5.80. The summed E-state index contributed by atoms with van der Waals surface area (Å²) in [5, 5.41) is 2.21.